The van der Waals surface area contributed by atoms with E-state index in [2.05, 4.69) is 10.6 Å². The van der Waals surface area contributed by atoms with E-state index >= 15 is 0 Å². The molecule has 2 N–H and O–H groups in total. The fourth-order valence-corrected chi connectivity index (χ4v) is 3.33. The zero-order valence-corrected chi connectivity index (χ0v) is 18.3. The maximum atomic E-state index is 12.3. The van der Waals surface area contributed by atoms with E-state index in [1.54, 1.807) is 32.4 Å². The van der Waals surface area contributed by atoms with Crippen molar-refractivity contribution in [2.45, 2.75) is 32.1 Å². The van der Waals surface area contributed by atoms with Crippen LogP contribution in [0.15, 0.2) is 47.4 Å². The average Bonchev–Trinajstić information content (AvgIpc) is 2.64. The lowest BCUT2D eigenvalue weighted by Gasteiger charge is -2.17. The highest BCUT2D eigenvalue weighted by atomic mass is 32.2. The van der Waals surface area contributed by atoms with E-state index in [0.29, 0.717) is 23.6 Å². The smallest absolute Gasteiger partial charge is 0.234 e. The summed E-state index contributed by atoms with van der Waals surface area (Å²) in [5.41, 5.74) is 1.26. The predicted octanol–water partition coefficient (Wildman–Crippen LogP) is 4.81. The number of amides is 2. The van der Waals surface area contributed by atoms with Crippen LogP contribution in [-0.4, -0.2) is 31.8 Å². The summed E-state index contributed by atoms with van der Waals surface area (Å²) in [7, 11) is 3.12. The molecule has 0 aliphatic rings. The van der Waals surface area contributed by atoms with E-state index in [1.807, 2.05) is 45.0 Å². The molecule has 0 aliphatic carbocycles. The largest absolute Gasteiger partial charge is 0.497 e. The summed E-state index contributed by atoms with van der Waals surface area (Å²) < 4.78 is 10.4. The van der Waals surface area contributed by atoms with Gasteiger partial charge in [-0.15, -0.1) is 11.8 Å². The van der Waals surface area contributed by atoms with Crippen molar-refractivity contribution in [2.24, 2.45) is 5.41 Å². The van der Waals surface area contributed by atoms with Crippen LogP contribution < -0.4 is 20.1 Å². The minimum atomic E-state index is -0.146. The van der Waals surface area contributed by atoms with Gasteiger partial charge in [0, 0.05) is 40.9 Å². The van der Waals surface area contributed by atoms with Gasteiger partial charge in [0.05, 0.1) is 20.0 Å². The quantitative estimate of drug-likeness (QED) is 0.604. The summed E-state index contributed by atoms with van der Waals surface area (Å²) in [5.74, 6) is 1.27. The van der Waals surface area contributed by atoms with Crippen LogP contribution in [-0.2, 0) is 9.59 Å². The first-order valence-electron chi connectivity index (χ1n) is 9.24. The van der Waals surface area contributed by atoms with Gasteiger partial charge in [0.25, 0.3) is 0 Å². The number of rotatable bonds is 8. The SMILES string of the molecule is COc1cc(NC(=O)CSc2cccc(NC(=O)CC(C)(C)C)c2)cc(OC)c1. The lowest BCUT2D eigenvalue weighted by atomic mass is 9.92. The van der Waals surface area contributed by atoms with Gasteiger partial charge in [-0.05, 0) is 23.6 Å². The zero-order valence-electron chi connectivity index (χ0n) is 17.5. The summed E-state index contributed by atoms with van der Waals surface area (Å²) in [6.45, 7) is 6.07. The molecule has 6 nitrogen and oxygen atoms in total. The Morgan fingerprint density at radius 1 is 0.897 bits per heavy atom. The van der Waals surface area contributed by atoms with Crippen molar-refractivity contribution in [3.8, 4) is 11.5 Å². The molecule has 7 heteroatoms. The third kappa shape index (κ3) is 8.07. The Balaban J connectivity index is 1.93. The number of thioether (sulfide) groups is 1. The first kappa shape index (κ1) is 22.6. The minimum absolute atomic E-state index is 0.0237. The number of hydrogen-bond donors (Lipinski definition) is 2. The number of carbonyl (C=O) groups is 2. The van der Waals surface area contributed by atoms with Gasteiger partial charge in [-0.1, -0.05) is 26.8 Å². The summed E-state index contributed by atoms with van der Waals surface area (Å²) in [6, 6.07) is 12.7. The molecular weight excluding hydrogens is 388 g/mol. The second-order valence-corrected chi connectivity index (χ2v) is 8.80. The molecular formula is C22H28N2O4S. The number of benzene rings is 2. The number of methoxy groups -OCH3 is 2. The van der Waals surface area contributed by atoms with Crippen LogP contribution >= 0.6 is 11.8 Å². The number of carbonyl (C=O) groups excluding carboxylic acids is 2. The van der Waals surface area contributed by atoms with Gasteiger partial charge in [-0.2, -0.15) is 0 Å². The highest BCUT2D eigenvalue weighted by Crippen LogP contribution is 2.27. The van der Waals surface area contributed by atoms with Crippen molar-refractivity contribution in [2.75, 3.05) is 30.6 Å². The molecule has 0 heterocycles. The second kappa shape index (κ2) is 10.2. The van der Waals surface area contributed by atoms with E-state index in [9.17, 15) is 9.59 Å². The van der Waals surface area contributed by atoms with Crippen LogP contribution in [0.4, 0.5) is 11.4 Å². The third-order valence-corrected chi connectivity index (χ3v) is 4.81. The molecule has 2 aromatic carbocycles. The number of hydrogen-bond acceptors (Lipinski definition) is 5. The number of ether oxygens (including phenoxy) is 2. The van der Waals surface area contributed by atoms with E-state index in [-0.39, 0.29) is 23.0 Å². The molecule has 0 fully saturated rings. The van der Waals surface area contributed by atoms with Gasteiger partial charge >= 0.3 is 0 Å². The Hall–Kier alpha value is -2.67. The molecule has 0 aliphatic heterocycles. The van der Waals surface area contributed by atoms with Crippen LogP contribution in [0.25, 0.3) is 0 Å². The predicted molar refractivity (Wildman–Crippen MR) is 118 cm³/mol. The first-order chi connectivity index (χ1) is 13.7. The van der Waals surface area contributed by atoms with Crippen molar-refractivity contribution in [1.29, 1.82) is 0 Å². The second-order valence-electron chi connectivity index (χ2n) is 7.75. The van der Waals surface area contributed by atoms with Crippen LogP contribution in [0.1, 0.15) is 27.2 Å². The first-order valence-corrected chi connectivity index (χ1v) is 10.2. The van der Waals surface area contributed by atoms with Gasteiger partial charge in [-0.25, -0.2) is 0 Å². The topological polar surface area (TPSA) is 76.7 Å². The summed E-state index contributed by atoms with van der Waals surface area (Å²) in [6.07, 6.45) is 0.441. The van der Waals surface area contributed by atoms with Gasteiger partial charge < -0.3 is 20.1 Å². The Kier molecular flexibility index (Phi) is 7.96. The number of nitrogens with one attached hydrogen (secondary N) is 2. The minimum Gasteiger partial charge on any atom is -0.497 e. The molecule has 29 heavy (non-hydrogen) atoms. The summed E-state index contributed by atoms with van der Waals surface area (Å²) in [4.78, 5) is 25.3. The summed E-state index contributed by atoms with van der Waals surface area (Å²) >= 11 is 1.40. The van der Waals surface area contributed by atoms with E-state index in [4.69, 9.17) is 9.47 Å². The van der Waals surface area contributed by atoms with E-state index in [1.165, 1.54) is 11.8 Å². The van der Waals surface area contributed by atoms with Crippen molar-refractivity contribution < 1.29 is 19.1 Å². The maximum absolute atomic E-state index is 12.3. The lowest BCUT2D eigenvalue weighted by molar-refractivity contribution is -0.118. The van der Waals surface area contributed by atoms with Crippen LogP contribution in [0, 0.1) is 5.41 Å². The van der Waals surface area contributed by atoms with Crippen molar-refractivity contribution in [1.82, 2.24) is 0 Å². The molecule has 2 aromatic rings. The molecule has 2 rings (SSSR count). The normalized spacial score (nSPS) is 10.9. The Bertz CT molecular complexity index is 840. The maximum Gasteiger partial charge on any atom is 0.234 e. The van der Waals surface area contributed by atoms with Gasteiger partial charge in [-0.3, -0.25) is 9.59 Å². The van der Waals surface area contributed by atoms with Crippen LogP contribution in [0.2, 0.25) is 0 Å². The highest BCUT2D eigenvalue weighted by molar-refractivity contribution is 8.00. The van der Waals surface area contributed by atoms with Crippen LogP contribution in [0.3, 0.4) is 0 Å². The molecule has 0 aromatic heterocycles. The highest BCUT2D eigenvalue weighted by Gasteiger charge is 2.16. The van der Waals surface area contributed by atoms with Gasteiger partial charge in [0.15, 0.2) is 0 Å². The molecule has 0 radical (unpaired) electrons. The van der Waals surface area contributed by atoms with Gasteiger partial charge in [0.1, 0.15) is 11.5 Å². The van der Waals surface area contributed by atoms with E-state index < -0.39 is 0 Å². The van der Waals surface area contributed by atoms with Crippen molar-refractivity contribution in [3.05, 3.63) is 42.5 Å². The zero-order chi connectivity index (χ0) is 21.4. The van der Waals surface area contributed by atoms with Gasteiger partial charge in [0.2, 0.25) is 11.8 Å². The van der Waals surface area contributed by atoms with Crippen molar-refractivity contribution >= 4 is 35.0 Å². The Labute approximate surface area is 176 Å². The molecule has 0 spiro atoms. The lowest BCUT2D eigenvalue weighted by Crippen LogP contribution is -2.19. The molecule has 0 atom stereocenters. The van der Waals surface area contributed by atoms with Crippen molar-refractivity contribution in [3.63, 3.8) is 0 Å². The third-order valence-electron chi connectivity index (χ3n) is 3.81. The Morgan fingerprint density at radius 2 is 1.52 bits per heavy atom. The standard InChI is InChI=1S/C22H28N2O4S/c1-22(2,3)13-20(25)23-15-7-6-8-19(11-15)29-14-21(26)24-16-9-17(27-4)12-18(10-16)28-5/h6-12H,13-14H2,1-5H3,(H,23,25)(H,24,26). The molecule has 156 valence electrons. The summed E-state index contributed by atoms with van der Waals surface area (Å²) in [5, 5.41) is 5.76. The molecule has 0 bridgehead atoms. The molecule has 0 unspecified atom stereocenters. The molecule has 0 saturated heterocycles. The molecule has 0 saturated carbocycles. The number of anilines is 2. The Morgan fingerprint density at radius 3 is 2.10 bits per heavy atom. The average molecular weight is 417 g/mol. The fraction of sp³-hybridized carbons (Fsp3) is 0.364. The monoisotopic (exact) mass is 416 g/mol. The molecule has 2 amide bonds. The van der Waals surface area contributed by atoms with Crippen LogP contribution in [0.5, 0.6) is 11.5 Å². The fourth-order valence-electron chi connectivity index (χ4n) is 2.58. The van der Waals surface area contributed by atoms with E-state index in [0.717, 1.165) is 10.6 Å².